The molecule has 6 nitrogen and oxygen atoms in total. The standard InChI is InChI=1S/C17H23N5O/c1-21-9-7-13(8-10-21)22(2)16(23)11-18-17-14-5-3-4-6-15(14)19-12-20-17/h3-6,12-13H,7-11H2,1-2H3,(H,18,19,20). The molecule has 0 spiro atoms. The highest BCUT2D eigenvalue weighted by Crippen LogP contribution is 2.18. The van der Waals surface area contributed by atoms with Crippen LogP contribution in [0.25, 0.3) is 10.9 Å². The van der Waals surface area contributed by atoms with Crippen molar-refractivity contribution in [3.63, 3.8) is 0 Å². The van der Waals surface area contributed by atoms with Gasteiger partial charge in [-0.25, -0.2) is 9.97 Å². The highest BCUT2D eigenvalue weighted by Gasteiger charge is 2.23. The summed E-state index contributed by atoms with van der Waals surface area (Å²) in [5.74, 6) is 0.808. The zero-order valence-electron chi connectivity index (χ0n) is 13.7. The number of fused-ring (bicyclic) bond motifs is 1. The number of hydrogen-bond donors (Lipinski definition) is 1. The molecule has 0 aliphatic carbocycles. The normalized spacial score (nSPS) is 16.4. The van der Waals surface area contributed by atoms with Crippen LogP contribution in [0.1, 0.15) is 12.8 Å². The molecule has 0 atom stereocenters. The zero-order valence-corrected chi connectivity index (χ0v) is 13.7. The summed E-state index contributed by atoms with van der Waals surface area (Å²) >= 11 is 0. The molecule has 1 aromatic carbocycles. The van der Waals surface area contributed by atoms with Crippen molar-refractivity contribution in [3.05, 3.63) is 30.6 Å². The summed E-state index contributed by atoms with van der Waals surface area (Å²) in [6.45, 7) is 2.35. The third-order valence-electron chi connectivity index (χ3n) is 4.58. The average Bonchev–Trinajstić information content (AvgIpc) is 2.59. The Morgan fingerprint density at radius 3 is 2.83 bits per heavy atom. The van der Waals surface area contributed by atoms with E-state index in [1.165, 1.54) is 6.33 Å². The molecule has 122 valence electrons. The molecule has 1 aromatic heterocycles. The van der Waals surface area contributed by atoms with Crippen molar-refractivity contribution in [2.24, 2.45) is 0 Å². The number of nitrogens with one attached hydrogen (secondary N) is 1. The summed E-state index contributed by atoms with van der Waals surface area (Å²) in [5, 5.41) is 4.10. The summed E-state index contributed by atoms with van der Waals surface area (Å²) < 4.78 is 0. The molecular weight excluding hydrogens is 290 g/mol. The quantitative estimate of drug-likeness (QED) is 0.929. The molecule has 1 saturated heterocycles. The van der Waals surface area contributed by atoms with Crippen LogP contribution in [-0.4, -0.2) is 65.4 Å². The van der Waals surface area contributed by atoms with E-state index in [9.17, 15) is 4.79 Å². The molecule has 1 fully saturated rings. The van der Waals surface area contributed by atoms with E-state index in [4.69, 9.17) is 0 Å². The third-order valence-corrected chi connectivity index (χ3v) is 4.58. The topological polar surface area (TPSA) is 61.4 Å². The summed E-state index contributed by atoms with van der Waals surface area (Å²) in [6, 6.07) is 8.13. The lowest BCUT2D eigenvalue weighted by atomic mass is 10.0. The maximum atomic E-state index is 12.4. The number of rotatable bonds is 4. The smallest absolute Gasteiger partial charge is 0.241 e. The zero-order chi connectivity index (χ0) is 16.2. The summed E-state index contributed by atoms with van der Waals surface area (Å²) in [7, 11) is 4.03. The molecule has 2 heterocycles. The number of aromatic nitrogens is 2. The Morgan fingerprint density at radius 2 is 2.04 bits per heavy atom. The Labute approximate surface area is 136 Å². The maximum Gasteiger partial charge on any atom is 0.241 e. The first-order chi connectivity index (χ1) is 11.1. The predicted octanol–water partition coefficient (Wildman–Crippen LogP) is 1.59. The van der Waals surface area contributed by atoms with Gasteiger partial charge in [0.15, 0.2) is 0 Å². The van der Waals surface area contributed by atoms with Crippen LogP contribution in [0.3, 0.4) is 0 Å². The second-order valence-electron chi connectivity index (χ2n) is 6.13. The third kappa shape index (κ3) is 3.59. The molecule has 0 bridgehead atoms. The molecule has 1 aliphatic heterocycles. The Hall–Kier alpha value is -2.21. The van der Waals surface area contributed by atoms with Crippen molar-refractivity contribution in [3.8, 4) is 0 Å². The number of benzene rings is 1. The van der Waals surface area contributed by atoms with Crippen molar-refractivity contribution < 1.29 is 4.79 Å². The van der Waals surface area contributed by atoms with Gasteiger partial charge in [-0.3, -0.25) is 4.79 Å². The minimum atomic E-state index is 0.0993. The number of para-hydroxylation sites is 1. The molecule has 1 amide bonds. The van der Waals surface area contributed by atoms with E-state index in [2.05, 4.69) is 27.2 Å². The van der Waals surface area contributed by atoms with Crippen molar-refractivity contribution in [1.29, 1.82) is 0 Å². The van der Waals surface area contributed by atoms with Gasteiger partial charge in [0.2, 0.25) is 5.91 Å². The number of anilines is 1. The van der Waals surface area contributed by atoms with Crippen LogP contribution in [0.2, 0.25) is 0 Å². The van der Waals surface area contributed by atoms with Gasteiger partial charge in [0.1, 0.15) is 12.1 Å². The lowest BCUT2D eigenvalue weighted by molar-refractivity contribution is -0.130. The van der Waals surface area contributed by atoms with Crippen molar-refractivity contribution in [2.75, 3.05) is 39.0 Å². The molecule has 0 unspecified atom stereocenters. The summed E-state index contributed by atoms with van der Waals surface area (Å²) in [6.07, 6.45) is 3.60. The Balaban J connectivity index is 1.62. The molecule has 0 radical (unpaired) electrons. The highest BCUT2D eigenvalue weighted by atomic mass is 16.2. The lowest BCUT2D eigenvalue weighted by Crippen LogP contribution is -2.46. The van der Waals surface area contributed by atoms with E-state index in [0.29, 0.717) is 11.9 Å². The number of nitrogens with zero attached hydrogens (tertiary/aromatic N) is 4. The first-order valence-electron chi connectivity index (χ1n) is 8.03. The van der Waals surface area contributed by atoms with Crippen LogP contribution in [0.5, 0.6) is 0 Å². The molecule has 6 heteroatoms. The molecule has 3 rings (SSSR count). The van der Waals surface area contributed by atoms with Crippen LogP contribution < -0.4 is 5.32 Å². The van der Waals surface area contributed by atoms with Crippen molar-refractivity contribution in [2.45, 2.75) is 18.9 Å². The van der Waals surface area contributed by atoms with E-state index in [0.717, 1.165) is 36.8 Å². The van der Waals surface area contributed by atoms with Crippen LogP contribution >= 0.6 is 0 Å². The van der Waals surface area contributed by atoms with Gasteiger partial charge in [0.25, 0.3) is 0 Å². The SMILES string of the molecule is CN1CCC(N(C)C(=O)CNc2ncnc3ccccc23)CC1. The number of likely N-dealkylation sites (N-methyl/N-ethyl adjacent to an activating group) is 1. The Bertz CT molecular complexity index is 676. The minimum Gasteiger partial charge on any atom is -0.360 e. The van der Waals surface area contributed by atoms with E-state index in [1.807, 2.05) is 36.2 Å². The van der Waals surface area contributed by atoms with E-state index < -0.39 is 0 Å². The van der Waals surface area contributed by atoms with Gasteiger partial charge in [-0.1, -0.05) is 12.1 Å². The van der Waals surface area contributed by atoms with E-state index in [1.54, 1.807) is 0 Å². The van der Waals surface area contributed by atoms with Gasteiger partial charge >= 0.3 is 0 Å². The number of carbonyl (C=O) groups is 1. The number of piperidine rings is 1. The Kier molecular flexibility index (Phi) is 4.71. The fourth-order valence-corrected chi connectivity index (χ4v) is 3.02. The highest BCUT2D eigenvalue weighted by molar-refractivity contribution is 5.90. The van der Waals surface area contributed by atoms with Crippen LogP contribution in [0.4, 0.5) is 5.82 Å². The summed E-state index contributed by atoms with van der Waals surface area (Å²) in [4.78, 5) is 25.1. The second-order valence-corrected chi connectivity index (χ2v) is 6.13. The van der Waals surface area contributed by atoms with Gasteiger partial charge in [-0.05, 0) is 45.1 Å². The molecule has 1 N–H and O–H groups in total. The average molecular weight is 313 g/mol. The molecule has 0 saturated carbocycles. The molecular formula is C17H23N5O. The second kappa shape index (κ2) is 6.91. The molecule has 23 heavy (non-hydrogen) atoms. The predicted molar refractivity (Wildman–Crippen MR) is 91.3 cm³/mol. The van der Waals surface area contributed by atoms with E-state index in [-0.39, 0.29) is 12.5 Å². The van der Waals surface area contributed by atoms with Gasteiger partial charge in [-0.2, -0.15) is 0 Å². The van der Waals surface area contributed by atoms with Crippen molar-refractivity contribution in [1.82, 2.24) is 19.8 Å². The molecule has 1 aliphatic rings. The number of amides is 1. The number of carbonyl (C=O) groups excluding carboxylic acids is 1. The fraction of sp³-hybridized carbons (Fsp3) is 0.471. The van der Waals surface area contributed by atoms with Gasteiger partial charge in [0, 0.05) is 18.5 Å². The first-order valence-corrected chi connectivity index (χ1v) is 8.03. The van der Waals surface area contributed by atoms with Crippen molar-refractivity contribution >= 4 is 22.6 Å². The Morgan fingerprint density at radius 1 is 1.30 bits per heavy atom. The summed E-state index contributed by atoms with van der Waals surface area (Å²) in [5.41, 5.74) is 0.876. The molecule has 2 aromatic rings. The maximum absolute atomic E-state index is 12.4. The van der Waals surface area contributed by atoms with E-state index >= 15 is 0 Å². The minimum absolute atomic E-state index is 0.0993. The fourth-order valence-electron chi connectivity index (χ4n) is 3.02. The number of likely N-dealkylation sites (tertiary alicyclic amines) is 1. The van der Waals surface area contributed by atoms with Gasteiger partial charge in [-0.15, -0.1) is 0 Å². The van der Waals surface area contributed by atoms with Gasteiger partial charge in [0.05, 0.1) is 12.1 Å². The monoisotopic (exact) mass is 313 g/mol. The van der Waals surface area contributed by atoms with Crippen LogP contribution in [0, 0.1) is 0 Å². The van der Waals surface area contributed by atoms with Crippen LogP contribution in [0.15, 0.2) is 30.6 Å². The van der Waals surface area contributed by atoms with Gasteiger partial charge < -0.3 is 15.1 Å². The lowest BCUT2D eigenvalue weighted by Gasteiger charge is -2.35. The first kappa shape index (κ1) is 15.7. The van der Waals surface area contributed by atoms with Crippen LogP contribution in [-0.2, 0) is 4.79 Å². The largest absolute Gasteiger partial charge is 0.360 e. The number of hydrogen-bond acceptors (Lipinski definition) is 5.